The molecule has 1 aromatic heterocycles. The first-order valence-electron chi connectivity index (χ1n) is 15.6. The summed E-state index contributed by atoms with van der Waals surface area (Å²) in [6.45, 7) is 4.04. The van der Waals surface area contributed by atoms with Crippen LogP contribution in [0.4, 0.5) is 4.79 Å². The normalized spacial score (nSPS) is 16.0. The van der Waals surface area contributed by atoms with Crippen molar-refractivity contribution in [1.29, 1.82) is 0 Å². The van der Waals surface area contributed by atoms with E-state index in [4.69, 9.17) is 14.5 Å². The average molecular weight is 596 g/mol. The maximum atomic E-state index is 13.0. The molecule has 1 heterocycles. The number of carbonyl (C=O) groups is 2. The summed E-state index contributed by atoms with van der Waals surface area (Å²) in [5, 5.41) is 5.55. The van der Waals surface area contributed by atoms with Crippen LogP contribution in [0, 0.1) is 5.92 Å². The SMILES string of the molecule is CCOC(CNC(=O)c1ccc(CN(Cc2nc3ccccc3[nH]2)C2(CC3CC3)CC2)cc1)NC(=O)OCc1ccccc1. The van der Waals surface area contributed by atoms with Crippen molar-refractivity contribution in [3.63, 3.8) is 0 Å². The topological polar surface area (TPSA) is 109 Å². The smallest absolute Gasteiger partial charge is 0.409 e. The molecule has 4 aromatic rings. The van der Waals surface area contributed by atoms with Crippen LogP contribution in [-0.4, -0.2) is 51.8 Å². The van der Waals surface area contributed by atoms with Gasteiger partial charge in [0.2, 0.25) is 0 Å². The van der Waals surface area contributed by atoms with Crippen LogP contribution in [0.25, 0.3) is 11.0 Å². The van der Waals surface area contributed by atoms with Gasteiger partial charge in [-0.15, -0.1) is 0 Å². The van der Waals surface area contributed by atoms with Crippen LogP contribution in [0.5, 0.6) is 0 Å². The third kappa shape index (κ3) is 7.84. The monoisotopic (exact) mass is 595 g/mol. The highest BCUT2D eigenvalue weighted by atomic mass is 16.6. The molecule has 0 radical (unpaired) electrons. The van der Waals surface area contributed by atoms with Crippen LogP contribution in [-0.2, 0) is 29.2 Å². The van der Waals surface area contributed by atoms with E-state index in [0.717, 1.165) is 47.0 Å². The van der Waals surface area contributed by atoms with E-state index in [1.807, 2.05) is 79.7 Å². The van der Waals surface area contributed by atoms with Crippen LogP contribution in [0.15, 0.2) is 78.9 Å². The summed E-state index contributed by atoms with van der Waals surface area (Å²) in [6, 6.07) is 25.4. The Morgan fingerprint density at radius 2 is 1.73 bits per heavy atom. The van der Waals surface area contributed by atoms with Gasteiger partial charge in [-0.1, -0.05) is 67.4 Å². The van der Waals surface area contributed by atoms with Gasteiger partial charge in [0.1, 0.15) is 18.7 Å². The molecule has 2 fully saturated rings. The van der Waals surface area contributed by atoms with Crippen LogP contribution < -0.4 is 10.6 Å². The molecule has 3 aromatic carbocycles. The van der Waals surface area contributed by atoms with Crippen LogP contribution in [0.1, 0.15) is 66.3 Å². The zero-order chi connectivity index (χ0) is 30.4. The number of amides is 2. The molecule has 44 heavy (non-hydrogen) atoms. The predicted molar refractivity (Wildman–Crippen MR) is 169 cm³/mol. The minimum Gasteiger partial charge on any atom is -0.445 e. The third-order valence-corrected chi connectivity index (χ3v) is 8.54. The van der Waals surface area contributed by atoms with Gasteiger partial charge in [-0.2, -0.15) is 0 Å². The lowest BCUT2D eigenvalue weighted by Gasteiger charge is -2.32. The standard InChI is InChI=1S/C35H41N5O4/c1-2-43-32(39-34(42)44-24-27-8-4-3-5-9-27)21-36-33(41)28-16-14-26(15-17-28)22-40(35(18-19-35)20-25-12-13-25)23-31-37-29-10-6-7-11-30(29)38-31/h3-11,14-17,25,32H,2,12-13,18-24H2,1H3,(H,36,41)(H,37,38)(H,39,42). The number of H-pyrrole nitrogens is 1. The Bertz CT molecular complexity index is 1510. The second-order valence-corrected chi connectivity index (χ2v) is 12.0. The summed E-state index contributed by atoms with van der Waals surface area (Å²) >= 11 is 0. The van der Waals surface area contributed by atoms with Gasteiger partial charge < -0.3 is 19.8 Å². The Morgan fingerprint density at radius 3 is 2.43 bits per heavy atom. The van der Waals surface area contributed by atoms with Crippen molar-refractivity contribution in [1.82, 2.24) is 25.5 Å². The summed E-state index contributed by atoms with van der Waals surface area (Å²) in [5.41, 5.74) is 4.90. The minimum atomic E-state index is -0.709. The fraction of sp³-hybridized carbons (Fsp3) is 0.400. The fourth-order valence-electron chi connectivity index (χ4n) is 5.82. The van der Waals surface area contributed by atoms with E-state index in [9.17, 15) is 9.59 Å². The largest absolute Gasteiger partial charge is 0.445 e. The molecule has 0 aliphatic heterocycles. The van der Waals surface area contributed by atoms with Crippen molar-refractivity contribution >= 4 is 23.0 Å². The number of para-hydroxylation sites is 2. The number of benzene rings is 3. The highest BCUT2D eigenvalue weighted by Gasteiger charge is 2.50. The number of nitrogens with one attached hydrogen (secondary N) is 3. The molecular formula is C35H41N5O4. The quantitative estimate of drug-likeness (QED) is 0.147. The summed E-state index contributed by atoms with van der Waals surface area (Å²) < 4.78 is 10.9. The Morgan fingerprint density at radius 1 is 0.977 bits per heavy atom. The molecule has 0 saturated heterocycles. The van der Waals surface area contributed by atoms with Gasteiger partial charge in [0.15, 0.2) is 0 Å². The third-order valence-electron chi connectivity index (χ3n) is 8.54. The number of hydrogen-bond acceptors (Lipinski definition) is 6. The van der Waals surface area contributed by atoms with Gasteiger partial charge in [-0.25, -0.2) is 9.78 Å². The molecule has 0 bridgehead atoms. The van der Waals surface area contributed by atoms with Crippen molar-refractivity contribution in [2.75, 3.05) is 13.2 Å². The number of imidazole rings is 1. The van der Waals surface area contributed by atoms with E-state index in [-0.39, 0.29) is 24.6 Å². The number of alkyl carbamates (subject to hydrolysis) is 1. The summed E-state index contributed by atoms with van der Waals surface area (Å²) in [4.78, 5) is 36.2. The first-order chi connectivity index (χ1) is 21.5. The Kier molecular flexibility index (Phi) is 9.23. The number of fused-ring (bicyclic) bond motifs is 1. The predicted octanol–water partition coefficient (Wildman–Crippen LogP) is 5.92. The molecule has 0 spiro atoms. The van der Waals surface area contributed by atoms with Gasteiger partial charge in [-0.05, 0) is 67.5 Å². The molecule has 230 valence electrons. The molecule has 6 rings (SSSR count). The van der Waals surface area contributed by atoms with Crippen molar-refractivity contribution in [3.05, 3.63) is 101 Å². The maximum absolute atomic E-state index is 13.0. The molecular weight excluding hydrogens is 554 g/mol. The van der Waals surface area contributed by atoms with Gasteiger partial charge in [0.25, 0.3) is 5.91 Å². The molecule has 1 atom stereocenters. The lowest BCUT2D eigenvalue weighted by molar-refractivity contribution is 0.0316. The number of hydrogen-bond donors (Lipinski definition) is 3. The number of rotatable bonds is 15. The second-order valence-electron chi connectivity index (χ2n) is 12.0. The molecule has 9 heteroatoms. The molecule has 9 nitrogen and oxygen atoms in total. The molecule has 1 unspecified atom stereocenters. The first-order valence-corrected chi connectivity index (χ1v) is 15.6. The van der Waals surface area contributed by atoms with Gasteiger partial charge >= 0.3 is 6.09 Å². The molecule has 2 saturated carbocycles. The number of carbonyl (C=O) groups excluding carboxylic acids is 2. The van der Waals surface area contributed by atoms with Gasteiger partial charge in [0.05, 0.1) is 24.1 Å². The zero-order valence-electron chi connectivity index (χ0n) is 25.3. The van der Waals surface area contributed by atoms with Gasteiger partial charge in [0, 0.05) is 24.3 Å². The molecule has 2 aliphatic rings. The van der Waals surface area contributed by atoms with Crippen LogP contribution in [0.2, 0.25) is 0 Å². The second kappa shape index (κ2) is 13.6. The first kappa shape index (κ1) is 29.8. The maximum Gasteiger partial charge on any atom is 0.409 e. The van der Waals surface area contributed by atoms with E-state index in [0.29, 0.717) is 12.2 Å². The highest BCUT2D eigenvalue weighted by molar-refractivity contribution is 5.94. The molecule has 2 aliphatic carbocycles. The van der Waals surface area contributed by atoms with E-state index in [1.54, 1.807) is 0 Å². The van der Waals surface area contributed by atoms with Crippen molar-refractivity contribution in [2.45, 2.75) is 70.5 Å². The van der Waals surface area contributed by atoms with Gasteiger partial charge in [-0.3, -0.25) is 15.0 Å². The van der Waals surface area contributed by atoms with Crippen molar-refractivity contribution in [2.24, 2.45) is 5.92 Å². The Balaban J connectivity index is 1.04. The fourth-order valence-corrected chi connectivity index (χ4v) is 5.82. The number of ether oxygens (including phenoxy) is 2. The lowest BCUT2D eigenvalue weighted by atomic mass is 10.0. The van der Waals surface area contributed by atoms with E-state index in [1.165, 1.54) is 32.1 Å². The Hall–Kier alpha value is -4.21. The zero-order valence-corrected chi connectivity index (χ0v) is 25.3. The molecule has 3 N–H and O–H groups in total. The van der Waals surface area contributed by atoms with Crippen LogP contribution >= 0.6 is 0 Å². The number of aromatic nitrogens is 2. The summed E-state index contributed by atoms with van der Waals surface area (Å²) in [7, 11) is 0. The lowest BCUT2D eigenvalue weighted by Crippen LogP contribution is -2.45. The molecule has 2 amide bonds. The highest BCUT2D eigenvalue weighted by Crippen LogP contribution is 2.52. The Labute approximate surface area is 258 Å². The van der Waals surface area contributed by atoms with Crippen molar-refractivity contribution < 1.29 is 19.1 Å². The minimum absolute atomic E-state index is 0.115. The van der Waals surface area contributed by atoms with E-state index >= 15 is 0 Å². The van der Waals surface area contributed by atoms with E-state index in [2.05, 4.69) is 26.6 Å². The average Bonchev–Trinajstić information content (AvgIpc) is 3.98. The van der Waals surface area contributed by atoms with Crippen LogP contribution in [0.3, 0.4) is 0 Å². The summed E-state index contributed by atoms with van der Waals surface area (Å²) in [6.07, 6.45) is 5.07. The number of nitrogens with zero attached hydrogens (tertiary/aromatic N) is 2. The van der Waals surface area contributed by atoms with Crippen molar-refractivity contribution in [3.8, 4) is 0 Å². The van der Waals surface area contributed by atoms with E-state index < -0.39 is 12.3 Å². The number of aromatic amines is 1. The summed E-state index contributed by atoms with van der Waals surface area (Å²) in [5.74, 6) is 1.61.